The number of H-pyrrole nitrogens is 1. The second-order valence-electron chi connectivity index (χ2n) is 4.61. The summed E-state index contributed by atoms with van der Waals surface area (Å²) in [5, 5.41) is 6.41. The Morgan fingerprint density at radius 1 is 1.48 bits per heavy atom. The summed E-state index contributed by atoms with van der Waals surface area (Å²) in [5.74, 6) is -0.299. The van der Waals surface area contributed by atoms with Gasteiger partial charge in [0.2, 0.25) is 5.95 Å². The molecule has 3 aromatic rings. The van der Waals surface area contributed by atoms with Gasteiger partial charge >= 0.3 is 0 Å². The van der Waals surface area contributed by atoms with Gasteiger partial charge in [0.25, 0.3) is 5.56 Å². The summed E-state index contributed by atoms with van der Waals surface area (Å²) in [4.78, 5) is 17.1. The lowest BCUT2D eigenvalue weighted by Gasteiger charge is -2.14. The third kappa shape index (κ3) is 2.20. The second-order valence-corrected chi connectivity index (χ2v) is 5.01. The van der Waals surface area contributed by atoms with Gasteiger partial charge in [-0.25, -0.2) is 9.55 Å². The molecule has 0 amide bonds. The number of nitrogens with two attached hydrogens (primary N) is 1. The summed E-state index contributed by atoms with van der Waals surface area (Å²) in [6, 6.07) is 5.51. The van der Waals surface area contributed by atoms with Crippen molar-refractivity contribution in [2.24, 2.45) is 5.73 Å². The Morgan fingerprint density at radius 3 is 2.86 bits per heavy atom. The van der Waals surface area contributed by atoms with Crippen LogP contribution in [0.5, 0.6) is 0 Å². The van der Waals surface area contributed by atoms with Crippen LogP contribution in [-0.2, 0) is 0 Å². The molecule has 0 saturated heterocycles. The predicted molar refractivity (Wildman–Crippen MR) is 77.1 cm³/mol. The normalized spacial score (nSPS) is 12.8. The number of nitrogens with zero attached hydrogens (tertiary/aromatic N) is 3. The van der Waals surface area contributed by atoms with E-state index in [0.29, 0.717) is 5.52 Å². The fourth-order valence-electron chi connectivity index (χ4n) is 2.14. The maximum Gasteiger partial charge on any atom is 0.268 e. The zero-order valence-electron chi connectivity index (χ0n) is 11.0. The van der Waals surface area contributed by atoms with E-state index in [1.165, 1.54) is 4.57 Å². The third-order valence-electron chi connectivity index (χ3n) is 3.04. The molecule has 0 unspecified atom stereocenters. The molecule has 8 heteroatoms. The van der Waals surface area contributed by atoms with Crippen molar-refractivity contribution in [1.82, 2.24) is 19.7 Å². The SMILES string of the molecule is C[C@H](N)c1nc2cccc(Cl)c2c(=O)n1-c1cc(F)[nH]n1. The zero-order chi connectivity index (χ0) is 15.1. The van der Waals surface area contributed by atoms with Gasteiger partial charge in [-0.2, -0.15) is 9.49 Å². The number of fused-ring (bicyclic) bond motifs is 1. The Labute approximate surface area is 123 Å². The van der Waals surface area contributed by atoms with Gasteiger partial charge in [0.15, 0.2) is 5.82 Å². The lowest BCUT2D eigenvalue weighted by molar-refractivity contribution is 0.579. The molecule has 2 aromatic heterocycles. The summed E-state index contributed by atoms with van der Waals surface area (Å²) in [5.41, 5.74) is 5.87. The second kappa shape index (κ2) is 4.94. The highest BCUT2D eigenvalue weighted by atomic mass is 35.5. The van der Waals surface area contributed by atoms with Crippen molar-refractivity contribution in [3.05, 3.63) is 51.4 Å². The van der Waals surface area contributed by atoms with Gasteiger partial charge in [0.1, 0.15) is 5.82 Å². The third-order valence-corrected chi connectivity index (χ3v) is 3.36. The minimum Gasteiger partial charge on any atom is -0.322 e. The molecule has 0 aliphatic heterocycles. The molecule has 108 valence electrons. The van der Waals surface area contributed by atoms with Crippen LogP contribution >= 0.6 is 11.6 Å². The van der Waals surface area contributed by atoms with Crippen LogP contribution in [0.4, 0.5) is 4.39 Å². The first-order chi connectivity index (χ1) is 9.99. The zero-order valence-corrected chi connectivity index (χ0v) is 11.7. The lowest BCUT2D eigenvalue weighted by Crippen LogP contribution is -2.28. The van der Waals surface area contributed by atoms with E-state index in [0.717, 1.165) is 6.07 Å². The van der Waals surface area contributed by atoms with E-state index in [1.54, 1.807) is 25.1 Å². The number of hydrogen-bond acceptors (Lipinski definition) is 4. The van der Waals surface area contributed by atoms with Gasteiger partial charge < -0.3 is 5.73 Å². The monoisotopic (exact) mass is 307 g/mol. The van der Waals surface area contributed by atoms with Crippen molar-refractivity contribution in [1.29, 1.82) is 0 Å². The maximum atomic E-state index is 13.2. The number of hydrogen-bond donors (Lipinski definition) is 2. The van der Waals surface area contributed by atoms with Gasteiger partial charge in [0.05, 0.1) is 22.0 Å². The Balaban J connectivity index is 2.46. The number of aromatic amines is 1. The van der Waals surface area contributed by atoms with Gasteiger partial charge in [-0.15, -0.1) is 0 Å². The van der Waals surface area contributed by atoms with Crippen LogP contribution < -0.4 is 11.3 Å². The van der Waals surface area contributed by atoms with E-state index < -0.39 is 17.5 Å². The largest absolute Gasteiger partial charge is 0.322 e. The highest BCUT2D eigenvalue weighted by Crippen LogP contribution is 2.21. The average molecular weight is 308 g/mol. The van der Waals surface area contributed by atoms with Gasteiger partial charge in [-0.1, -0.05) is 17.7 Å². The van der Waals surface area contributed by atoms with Crippen LogP contribution in [0.3, 0.4) is 0 Å². The molecule has 0 radical (unpaired) electrons. The number of aromatic nitrogens is 4. The van der Waals surface area contributed by atoms with E-state index in [-0.39, 0.29) is 22.1 Å². The highest BCUT2D eigenvalue weighted by Gasteiger charge is 2.18. The fraction of sp³-hybridized carbons (Fsp3) is 0.154. The minimum absolute atomic E-state index is 0.0825. The minimum atomic E-state index is -0.660. The average Bonchev–Trinajstić information content (AvgIpc) is 2.84. The van der Waals surface area contributed by atoms with Crippen LogP contribution in [-0.4, -0.2) is 19.7 Å². The lowest BCUT2D eigenvalue weighted by atomic mass is 10.2. The van der Waals surface area contributed by atoms with Crippen LogP contribution in [0.1, 0.15) is 18.8 Å². The van der Waals surface area contributed by atoms with E-state index in [9.17, 15) is 9.18 Å². The molecule has 0 aliphatic rings. The van der Waals surface area contributed by atoms with Crippen molar-refractivity contribution >= 4 is 22.5 Å². The summed E-state index contributed by atoms with van der Waals surface area (Å²) in [6.45, 7) is 1.68. The van der Waals surface area contributed by atoms with Gasteiger partial charge in [-0.3, -0.25) is 9.89 Å². The Hall–Kier alpha value is -2.25. The molecule has 0 spiro atoms. The van der Waals surface area contributed by atoms with E-state index in [4.69, 9.17) is 17.3 Å². The standard InChI is InChI=1S/C13H11ClFN5O/c1-6(16)12-17-8-4-2-3-7(14)11(8)13(21)20(12)10-5-9(15)18-19-10/h2-6H,16H2,1H3,(H,18,19)/t6-/m0/s1. The molecular formula is C13H11ClFN5O. The number of benzene rings is 1. The molecule has 3 N–H and O–H groups in total. The molecule has 6 nitrogen and oxygen atoms in total. The molecule has 0 saturated carbocycles. The predicted octanol–water partition coefficient (Wildman–Crippen LogP) is 1.92. The maximum absolute atomic E-state index is 13.2. The van der Waals surface area contributed by atoms with Crippen molar-refractivity contribution in [2.45, 2.75) is 13.0 Å². The first kappa shape index (κ1) is 13.7. The fourth-order valence-corrected chi connectivity index (χ4v) is 2.39. The summed E-state index contributed by atoms with van der Waals surface area (Å²) in [6.07, 6.45) is 0. The van der Waals surface area contributed by atoms with Gasteiger partial charge in [0, 0.05) is 6.07 Å². The van der Waals surface area contributed by atoms with Crippen LogP contribution in [0, 0.1) is 5.95 Å². The number of nitrogens with one attached hydrogen (secondary N) is 1. The van der Waals surface area contributed by atoms with Crippen molar-refractivity contribution in [3.8, 4) is 5.82 Å². The molecule has 2 heterocycles. The molecule has 1 aromatic carbocycles. The highest BCUT2D eigenvalue weighted by molar-refractivity contribution is 6.35. The molecule has 3 rings (SSSR count). The quantitative estimate of drug-likeness (QED) is 0.757. The molecule has 0 bridgehead atoms. The van der Waals surface area contributed by atoms with Crippen LogP contribution in [0.15, 0.2) is 29.1 Å². The van der Waals surface area contributed by atoms with E-state index in [2.05, 4.69) is 15.2 Å². The molecule has 0 aliphatic carbocycles. The van der Waals surface area contributed by atoms with E-state index in [1.807, 2.05) is 0 Å². The van der Waals surface area contributed by atoms with Crippen molar-refractivity contribution < 1.29 is 4.39 Å². The molecule has 21 heavy (non-hydrogen) atoms. The summed E-state index contributed by atoms with van der Waals surface area (Å²) >= 11 is 6.07. The smallest absolute Gasteiger partial charge is 0.268 e. The Morgan fingerprint density at radius 2 is 2.24 bits per heavy atom. The first-order valence-electron chi connectivity index (χ1n) is 6.17. The summed E-state index contributed by atoms with van der Waals surface area (Å²) in [7, 11) is 0. The van der Waals surface area contributed by atoms with Crippen LogP contribution in [0.2, 0.25) is 5.02 Å². The van der Waals surface area contributed by atoms with Crippen molar-refractivity contribution in [2.75, 3.05) is 0 Å². The molecular weight excluding hydrogens is 297 g/mol. The van der Waals surface area contributed by atoms with Crippen LogP contribution in [0.25, 0.3) is 16.7 Å². The first-order valence-corrected chi connectivity index (χ1v) is 6.55. The van der Waals surface area contributed by atoms with E-state index >= 15 is 0 Å². The number of halogens is 2. The Kier molecular flexibility index (Phi) is 3.23. The Bertz CT molecular complexity index is 886. The van der Waals surface area contributed by atoms with Crippen molar-refractivity contribution in [3.63, 3.8) is 0 Å². The molecule has 0 fully saturated rings. The molecule has 1 atom stereocenters. The van der Waals surface area contributed by atoms with Gasteiger partial charge in [-0.05, 0) is 19.1 Å². The summed E-state index contributed by atoms with van der Waals surface area (Å²) < 4.78 is 14.3. The topological polar surface area (TPSA) is 89.6 Å². The number of rotatable bonds is 2.